The molecule has 3 nitrogen and oxygen atoms in total. The molecule has 1 fully saturated rings. The van der Waals surface area contributed by atoms with E-state index >= 15 is 0 Å². The standard InChI is InChI=1S/C17H24ClNO2/c1-2-3-4-13-7-9-17(10-8-13,16(20)21)11-14-5-6-15(18)19-12-14/h5-6,12-13H,2-4,7-11H2,1H3,(H,20,21). The van der Waals surface area contributed by atoms with Crippen LogP contribution in [0, 0.1) is 11.3 Å². The number of pyridine rings is 1. The predicted molar refractivity (Wildman–Crippen MR) is 84.5 cm³/mol. The molecule has 0 amide bonds. The Hall–Kier alpha value is -1.09. The van der Waals surface area contributed by atoms with E-state index in [2.05, 4.69) is 11.9 Å². The first-order valence-electron chi connectivity index (χ1n) is 7.89. The molecule has 0 aliphatic heterocycles. The van der Waals surface area contributed by atoms with E-state index in [0.29, 0.717) is 17.5 Å². The largest absolute Gasteiger partial charge is 0.481 e. The zero-order valence-corrected chi connectivity index (χ0v) is 13.4. The Balaban J connectivity index is 2.02. The number of carbonyl (C=O) groups is 1. The van der Waals surface area contributed by atoms with Gasteiger partial charge in [0.05, 0.1) is 5.41 Å². The van der Waals surface area contributed by atoms with Gasteiger partial charge in [0.15, 0.2) is 0 Å². The summed E-state index contributed by atoms with van der Waals surface area (Å²) in [5, 5.41) is 10.2. The fourth-order valence-corrected chi connectivity index (χ4v) is 3.49. The molecule has 0 unspecified atom stereocenters. The summed E-state index contributed by atoms with van der Waals surface area (Å²) in [5.74, 6) is 0.0483. The highest BCUT2D eigenvalue weighted by molar-refractivity contribution is 6.29. The number of nitrogens with zero attached hydrogens (tertiary/aromatic N) is 1. The van der Waals surface area contributed by atoms with Crippen LogP contribution >= 0.6 is 11.6 Å². The molecule has 1 aromatic rings. The summed E-state index contributed by atoms with van der Waals surface area (Å²) < 4.78 is 0. The normalized spacial score (nSPS) is 25.7. The van der Waals surface area contributed by atoms with Crippen molar-refractivity contribution in [3.63, 3.8) is 0 Å². The summed E-state index contributed by atoms with van der Waals surface area (Å²) in [4.78, 5) is 15.9. The van der Waals surface area contributed by atoms with Crippen molar-refractivity contribution < 1.29 is 9.90 Å². The van der Waals surface area contributed by atoms with Gasteiger partial charge in [-0.1, -0.05) is 43.9 Å². The second-order valence-corrected chi connectivity index (χ2v) is 6.72. The van der Waals surface area contributed by atoms with Gasteiger partial charge in [-0.25, -0.2) is 4.98 Å². The SMILES string of the molecule is CCCCC1CCC(Cc2ccc(Cl)nc2)(C(=O)O)CC1. The monoisotopic (exact) mass is 309 g/mol. The fraction of sp³-hybridized carbons (Fsp3) is 0.647. The summed E-state index contributed by atoms with van der Waals surface area (Å²) in [6.45, 7) is 2.21. The van der Waals surface area contributed by atoms with Gasteiger partial charge in [-0.3, -0.25) is 4.79 Å². The lowest BCUT2D eigenvalue weighted by Crippen LogP contribution is -2.37. The van der Waals surface area contributed by atoms with Gasteiger partial charge in [0.2, 0.25) is 0 Å². The topological polar surface area (TPSA) is 50.2 Å². The van der Waals surface area contributed by atoms with Crippen LogP contribution in [0.5, 0.6) is 0 Å². The van der Waals surface area contributed by atoms with Crippen molar-refractivity contribution in [2.45, 2.75) is 58.3 Å². The lowest BCUT2D eigenvalue weighted by molar-refractivity contribution is -0.151. The van der Waals surface area contributed by atoms with Gasteiger partial charge in [0, 0.05) is 6.20 Å². The Morgan fingerprint density at radius 3 is 2.67 bits per heavy atom. The number of aromatic nitrogens is 1. The number of aliphatic carboxylic acids is 1. The van der Waals surface area contributed by atoms with Gasteiger partial charge in [-0.05, 0) is 49.7 Å². The molecule has 1 aliphatic carbocycles. The van der Waals surface area contributed by atoms with Crippen molar-refractivity contribution in [3.05, 3.63) is 29.0 Å². The van der Waals surface area contributed by atoms with Crippen molar-refractivity contribution in [1.29, 1.82) is 0 Å². The van der Waals surface area contributed by atoms with Crippen molar-refractivity contribution in [3.8, 4) is 0 Å². The van der Waals surface area contributed by atoms with Gasteiger partial charge in [-0.15, -0.1) is 0 Å². The minimum atomic E-state index is -0.661. The maximum atomic E-state index is 11.8. The number of hydrogen-bond acceptors (Lipinski definition) is 2. The van der Waals surface area contributed by atoms with E-state index in [1.54, 1.807) is 12.3 Å². The first-order valence-corrected chi connectivity index (χ1v) is 8.27. The number of halogens is 1. The molecular weight excluding hydrogens is 286 g/mol. The maximum absolute atomic E-state index is 11.8. The Morgan fingerprint density at radius 1 is 1.43 bits per heavy atom. The van der Waals surface area contributed by atoms with Gasteiger partial charge < -0.3 is 5.11 Å². The molecule has 0 spiro atoms. The Bertz CT molecular complexity index is 464. The molecular formula is C17H24ClNO2. The molecule has 1 aromatic heterocycles. The lowest BCUT2D eigenvalue weighted by Gasteiger charge is -2.37. The lowest BCUT2D eigenvalue weighted by atomic mass is 9.67. The zero-order valence-electron chi connectivity index (χ0n) is 12.6. The highest BCUT2D eigenvalue weighted by atomic mass is 35.5. The summed E-state index contributed by atoms with van der Waals surface area (Å²) in [7, 11) is 0. The zero-order chi connectivity index (χ0) is 15.3. The highest BCUT2D eigenvalue weighted by Crippen LogP contribution is 2.43. The van der Waals surface area contributed by atoms with E-state index < -0.39 is 11.4 Å². The van der Waals surface area contributed by atoms with E-state index in [9.17, 15) is 9.90 Å². The van der Waals surface area contributed by atoms with Crippen molar-refractivity contribution in [1.82, 2.24) is 4.98 Å². The highest BCUT2D eigenvalue weighted by Gasteiger charge is 2.41. The van der Waals surface area contributed by atoms with Crippen molar-refractivity contribution in [2.75, 3.05) is 0 Å². The van der Waals surface area contributed by atoms with Gasteiger partial charge >= 0.3 is 5.97 Å². The summed E-state index contributed by atoms with van der Waals surface area (Å²) >= 11 is 5.79. The van der Waals surface area contributed by atoms with Crippen molar-refractivity contribution >= 4 is 17.6 Å². The number of rotatable bonds is 6. The smallest absolute Gasteiger partial charge is 0.309 e. The summed E-state index contributed by atoms with van der Waals surface area (Å²) in [5.41, 5.74) is 0.354. The van der Waals surface area contributed by atoms with E-state index in [-0.39, 0.29) is 0 Å². The van der Waals surface area contributed by atoms with Crippen LogP contribution in [-0.4, -0.2) is 16.1 Å². The molecule has 1 aliphatic rings. The first-order chi connectivity index (χ1) is 10.1. The molecule has 116 valence electrons. The molecule has 0 bridgehead atoms. The van der Waals surface area contributed by atoms with Crippen LogP contribution in [0.3, 0.4) is 0 Å². The molecule has 0 radical (unpaired) electrons. The van der Waals surface area contributed by atoms with E-state index in [4.69, 9.17) is 11.6 Å². The van der Waals surface area contributed by atoms with Crippen LogP contribution in [0.2, 0.25) is 5.15 Å². The number of carboxylic acid groups (broad SMARTS) is 1. The van der Waals surface area contributed by atoms with Crippen LogP contribution in [0.25, 0.3) is 0 Å². The van der Waals surface area contributed by atoms with Gasteiger partial charge in [0.1, 0.15) is 5.15 Å². The molecule has 0 aromatic carbocycles. The second kappa shape index (κ2) is 7.26. The Morgan fingerprint density at radius 2 is 2.14 bits per heavy atom. The molecule has 21 heavy (non-hydrogen) atoms. The first kappa shape index (κ1) is 16.3. The third kappa shape index (κ3) is 4.19. The van der Waals surface area contributed by atoms with E-state index in [1.165, 1.54) is 19.3 Å². The molecule has 4 heteroatoms. The second-order valence-electron chi connectivity index (χ2n) is 6.34. The van der Waals surface area contributed by atoms with Crippen LogP contribution in [0.15, 0.2) is 18.3 Å². The predicted octanol–water partition coefficient (Wildman–Crippen LogP) is 4.73. The van der Waals surface area contributed by atoms with Crippen LogP contribution in [0.4, 0.5) is 0 Å². The van der Waals surface area contributed by atoms with E-state index in [1.807, 2.05) is 6.07 Å². The third-order valence-corrected chi connectivity index (χ3v) is 5.04. The van der Waals surface area contributed by atoms with Gasteiger partial charge in [0.25, 0.3) is 0 Å². The number of unbranched alkanes of at least 4 members (excludes halogenated alkanes) is 1. The quantitative estimate of drug-likeness (QED) is 0.773. The molecule has 1 saturated carbocycles. The minimum Gasteiger partial charge on any atom is -0.481 e. The molecule has 1 N–H and O–H groups in total. The average molecular weight is 310 g/mol. The molecule has 0 saturated heterocycles. The van der Waals surface area contributed by atoms with E-state index in [0.717, 1.165) is 31.2 Å². The third-order valence-electron chi connectivity index (χ3n) is 4.81. The maximum Gasteiger partial charge on any atom is 0.309 e. The number of hydrogen-bond donors (Lipinski definition) is 1. The minimum absolute atomic E-state index is 0.450. The number of carboxylic acids is 1. The average Bonchev–Trinajstić information content (AvgIpc) is 2.49. The van der Waals surface area contributed by atoms with Crippen LogP contribution in [0.1, 0.15) is 57.4 Å². The molecule has 1 heterocycles. The molecule has 2 rings (SSSR count). The fourth-order valence-electron chi connectivity index (χ4n) is 3.38. The van der Waals surface area contributed by atoms with Crippen LogP contribution in [-0.2, 0) is 11.2 Å². The Kier molecular flexibility index (Phi) is 5.63. The van der Waals surface area contributed by atoms with Crippen LogP contribution < -0.4 is 0 Å². The Labute approximate surface area is 131 Å². The molecule has 0 atom stereocenters. The summed E-state index contributed by atoms with van der Waals surface area (Å²) in [6.07, 6.45) is 9.61. The summed E-state index contributed by atoms with van der Waals surface area (Å²) in [6, 6.07) is 3.63. The van der Waals surface area contributed by atoms with Gasteiger partial charge in [-0.2, -0.15) is 0 Å². The van der Waals surface area contributed by atoms with Crippen molar-refractivity contribution in [2.24, 2.45) is 11.3 Å².